The number of rotatable bonds is 3. The fourth-order valence-electron chi connectivity index (χ4n) is 6.21. The van der Waals surface area contributed by atoms with Crippen LogP contribution in [0, 0.1) is 0 Å². The van der Waals surface area contributed by atoms with Crippen molar-refractivity contribution < 1.29 is 9.59 Å². The summed E-state index contributed by atoms with van der Waals surface area (Å²) in [5.74, 6) is 1.25. The van der Waals surface area contributed by atoms with Crippen molar-refractivity contribution in [1.82, 2.24) is 29.4 Å². The number of fused-ring (bicyclic) bond motifs is 2. The van der Waals surface area contributed by atoms with Crippen LogP contribution in [0.1, 0.15) is 56.0 Å². The zero-order chi connectivity index (χ0) is 25.7. The molecule has 3 aromatic rings. The number of amides is 2. The average Bonchev–Trinajstić information content (AvgIpc) is 3.51. The number of aromatic nitrogens is 4. The van der Waals surface area contributed by atoms with Crippen molar-refractivity contribution in [2.75, 3.05) is 31.1 Å². The Hall–Kier alpha value is -3.62. The van der Waals surface area contributed by atoms with Crippen molar-refractivity contribution in [3.8, 4) is 11.1 Å². The van der Waals surface area contributed by atoms with Gasteiger partial charge in [0.1, 0.15) is 0 Å². The van der Waals surface area contributed by atoms with E-state index in [2.05, 4.69) is 32.9 Å². The van der Waals surface area contributed by atoms with E-state index in [1.807, 2.05) is 33.9 Å². The molecule has 2 amide bonds. The van der Waals surface area contributed by atoms with Crippen molar-refractivity contribution in [3.05, 3.63) is 47.4 Å². The minimum absolute atomic E-state index is 0.110. The summed E-state index contributed by atoms with van der Waals surface area (Å²) in [5.41, 5.74) is 7.27. The highest BCUT2D eigenvalue weighted by Gasteiger charge is 2.34. The predicted molar refractivity (Wildman–Crippen MR) is 142 cm³/mol. The Labute approximate surface area is 217 Å². The van der Waals surface area contributed by atoms with Crippen LogP contribution in [0.25, 0.3) is 11.1 Å². The molecule has 9 heteroatoms. The molecular formula is C28H35N7O2. The molecule has 194 valence electrons. The molecule has 0 saturated carbocycles. The summed E-state index contributed by atoms with van der Waals surface area (Å²) >= 11 is 0. The molecule has 0 N–H and O–H groups in total. The lowest BCUT2D eigenvalue weighted by Gasteiger charge is -2.33. The van der Waals surface area contributed by atoms with Gasteiger partial charge in [-0.1, -0.05) is 6.07 Å². The molecule has 0 bridgehead atoms. The number of hydrogen-bond donors (Lipinski definition) is 0. The van der Waals surface area contributed by atoms with Crippen LogP contribution in [0.5, 0.6) is 0 Å². The quantitative estimate of drug-likeness (QED) is 0.549. The second-order valence-electron chi connectivity index (χ2n) is 10.6. The summed E-state index contributed by atoms with van der Waals surface area (Å²) < 4.78 is 4.08. The van der Waals surface area contributed by atoms with Gasteiger partial charge in [0.25, 0.3) is 0 Å². The van der Waals surface area contributed by atoms with Gasteiger partial charge >= 0.3 is 0 Å². The lowest BCUT2D eigenvalue weighted by atomic mass is 9.96. The fourth-order valence-corrected chi connectivity index (χ4v) is 6.21. The van der Waals surface area contributed by atoms with Crippen LogP contribution in [0.2, 0.25) is 0 Å². The fraction of sp³-hybridized carbons (Fsp3) is 0.500. The minimum Gasteiger partial charge on any atom is -0.343 e. The molecule has 2 aromatic heterocycles. The first kappa shape index (κ1) is 23.8. The van der Waals surface area contributed by atoms with Crippen molar-refractivity contribution in [3.63, 3.8) is 0 Å². The topological polar surface area (TPSA) is 79.5 Å². The number of piperidine rings is 1. The number of carbonyl (C=O) groups is 2. The summed E-state index contributed by atoms with van der Waals surface area (Å²) in [6.45, 7) is 7.09. The van der Waals surface area contributed by atoms with E-state index < -0.39 is 0 Å². The van der Waals surface area contributed by atoms with E-state index in [0.29, 0.717) is 6.54 Å². The normalized spacial score (nSPS) is 18.1. The number of anilines is 2. The first-order chi connectivity index (χ1) is 17.9. The van der Waals surface area contributed by atoms with Crippen LogP contribution in [0.3, 0.4) is 0 Å². The van der Waals surface area contributed by atoms with Gasteiger partial charge in [0.15, 0.2) is 5.82 Å². The average molecular weight is 502 g/mol. The molecule has 1 fully saturated rings. The van der Waals surface area contributed by atoms with Crippen LogP contribution in [-0.4, -0.2) is 67.4 Å². The number of nitrogens with zero attached hydrogens (tertiary/aromatic N) is 7. The molecule has 0 spiro atoms. The summed E-state index contributed by atoms with van der Waals surface area (Å²) in [6.07, 6.45) is 8.69. The SMILES string of the molecule is CC(=O)N1CCC(n2nc(N3CCCc4cc(-c5cnn(C)c5)ccc43)c3c2CCN(C(C)=O)C3)CC1. The summed E-state index contributed by atoms with van der Waals surface area (Å²) in [4.78, 5) is 30.4. The third kappa shape index (κ3) is 4.30. The molecule has 0 atom stereocenters. The third-order valence-electron chi connectivity index (χ3n) is 8.26. The predicted octanol–water partition coefficient (Wildman–Crippen LogP) is 3.46. The van der Waals surface area contributed by atoms with Crippen molar-refractivity contribution in [2.24, 2.45) is 7.05 Å². The number of likely N-dealkylation sites (tertiary alicyclic amines) is 1. The van der Waals surface area contributed by atoms with Gasteiger partial charge in [-0.15, -0.1) is 0 Å². The van der Waals surface area contributed by atoms with Gasteiger partial charge in [-0.2, -0.15) is 10.2 Å². The second kappa shape index (κ2) is 9.36. The van der Waals surface area contributed by atoms with Gasteiger partial charge in [-0.05, 0) is 48.9 Å². The Morgan fingerprint density at radius 2 is 1.73 bits per heavy atom. The zero-order valence-electron chi connectivity index (χ0n) is 22.0. The summed E-state index contributed by atoms with van der Waals surface area (Å²) in [5, 5.41) is 9.61. The molecule has 6 rings (SSSR count). The van der Waals surface area contributed by atoms with E-state index in [4.69, 9.17) is 5.10 Å². The Kier molecular flexibility index (Phi) is 6.01. The maximum atomic E-state index is 12.3. The molecule has 1 aromatic carbocycles. The first-order valence-corrected chi connectivity index (χ1v) is 13.4. The highest BCUT2D eigenvalue weighted by Crippen LogP contribution is 2.40. The minimum atomic E-state index is 0.110. The smallest absolute Gasteiger partial charge is 0.219 e. The monoisotopic (exact) mass is 501 g/mol. The third-order valence-corrected chi connectivity index (χ3v) is 8.26. The van der Waals surface area contributed by atoms with Crippen molar-refractivity contribution >= 4 is 23.3 Å². The lowest BCUT2D eigenvalue weighted by Crippen LogP contribution is -2.39. The van der Waals surface area contributed by atoms with E-state index in [9.17, 15) is 9.59 Å². The Balaban J connectivity index is 1.37. The van der Waals surface area contributed by atoms with Crippen LogP contribution in [0.15, 0.2) is 30.6 Å². The molecule has 0 aliphatic carbocycles. The van der Waals surface area contributed by atoms with Gasteiger partial charge in [0.05, 0.1) is 18.8 Å². The van der Waals surface area contributed by atoms with Gasteiger partial charge in [-0.3, -0.25) is 19.0 Å². The zero-order valence-corrected chi connectivity index (χ0v) is 22.0. The maximum absolute atomic E-state index is 12.3. The largest absolute Gasteiger partial charge is 0.343 e. The molecule has 9 nitrogen and oxygen atoms in total. The van der Waals surface area contributed by atoms with Gasteiger partial charge in [0.2, 0.25) is 11.8 Å². The molecule has 3 aliphatic heterocycles. The second-order valence-corrected chi connectivity index (χ2v) is 10.6. The van der Waals surface area contributed by atoms with Crippen LogP contribution in [0.4, 0.5) is 11.5 Å². The molecule has 0 radical (unpaired) electrons. The highest BCUT2D eigenvalue weighted by atomic mass is 16.2. The molecule has 5 heterocycles. The molecule has 37 heavy (non-hydrogen) atoms. The molecule has 3 aliphatic rings. The molecule has 0 unspecified atom stereocenters. The lowest BCUT2D eigenvalue weighted by molar-refractivity contribution is -0.130. The Morgan fingerprint density at radius 3 is 2.43 bits per heavy atom. The van der Waals surface area contributed by atoms with E-state index >= 15 is 0 Å². The van der Waals surface area contributed by atoms with Crippen LogP contribution >= 0.6 is 0 Å². The van der Waals surface area contributed by atoms with E-state index in [0.717, 1.165) is 69.7 Å². The Bertz CT molecular complexity index is 1350. The van der Waals surface area contributed by atoms with Crippen LogP contribution < -0.4 is 4.90 Å². The van der Waals surface area contributed by atoms with Crippen molar-refractivity contribution in [1.29, 1.82) is 0 Å². The standard InChI is InChI=1S/C28H35N7O2/c1-19(36)32-12-8-24(9-13-32)35-27-10-14-33(20(2)37)18-25(27)28(30-35)34-11-4-5-22-15-21(6-7-26(22)34)23-16-29-31(3)17-23/h6-7,15-17,24H,4-5,8-14,18H2,1-3H3. The summed E-state index contributed by atoms with van der Waals surface area (Å²) in [6, 6.07) is 6.97. The molecular weight excluding hydrogens is 466 g/mol. The number of benzene rings is 1. The maximum Gasteiger partial charge on any atom is 0.219 e. The highest BCUT2D eigenvalue weighted by molar-refractivity contribution is 5.76. The Morgan fingerprint density at radius 1 is 0.946 bits per heavy atom. The van der Waals surface area contributed by atoms with Gasteiger partial charge in [-0.25, -0.2) is 0 Å². The number of carbonyl (C=O) groups excluding carboxylic acids is 2. The van der Waals surface area contributed by atoms with E-state index in [1.54, 1.807) is 13.8 Å². The van der Waals surface area contributed by atoms with Crippen molar-refractivity contribution in [2.45, 2.75) is 58.5 Å². The number of aryl methyl sites for hydroxylation is 2. The van der Waals surface area contributed by atoms with Gasteiger partial charge in [0, 0.05) is 82.2 Å². The van der Waals surface area contributed by atoms with Gasteiger partial charge < -0.3 is 14.7 Å². The van der Waals surface area contributed by atoms with E-state index in [1.165, 1.54) is 28.1 Å². The molecule has 1 saturated heterocycles. The van der Waals surface area contributed by atoms with E-state index in [-0.39, 0.29) is 17.9 Å². The number of hydrogen-bond acceptors (Lipinski definition) is 5. The van der Waals surface area contributed by atoms with Crippen LogP contribution in [-0.2, 0) is 36.0 Å². The first-order valence-electron chi connectivity index (χ1n) is 13.4. The summed E-state index contributed by atoms with van der Waals surface area (Å²) in [7, 11) is 1.94.